The van der Waals surface area contributed by atoms with Gasteiger partial charge in [0.15, 0.2) is 0 Å². The van der Waals surface area contributed by atoms with Crippen molar-refractivity contribution in [3.05, 3.63) is 71.8 Å². The van der Waals surface area contributed by atoms with Crippen molar-refractivity contribution in [2.24, 2.45) is 0 Å². The summed E-state index contributed by atoms with van der Waals surface area (Å²) in [5.41, 5.74) is 1.60. The Morgan fingerprint density at radius 3 is 1.26 bits per heavy atom. The van der Waals surface area contributed by atoms with E-state index in [-0.39, 0.29) is 35.1 Å². The molecule has 42 heavy (non-hydrogen) atoms. The van der Waals surface area contributed by atoms with Gasteiger partial charge in [0.05, 0.1) is 0 Å². The van der Waals surface area contributed by atoms with Crippen molar-refractivity contribution in [2.45, 2.75) is 39.5 Å². The number of carbonyl (C=O) groups excluding carboxylic acids is 4. The zero-order valence-corrected chi connectivity index (χ0v) is 24.4. The summed E-state index contributed by atoms with van der Waals surface area (Å²) in [4.78, 5) is 51.7. The van der Waals surface area contributed by atoms with E-state index in [4.69, 9.17) is 0 Å². The van der Waals surface area contributed by atoms with Crippen molar-refractivity contribution in [3.8, 4) is 11.5 Å². The monoisotopic (exact) mass is 578 g/mol. The fourth-order valence-electron chi connectivity index (χ4n) is 4.05. The van der Waals surface area contributed by atoms with Crippen LogP contribution in [0.4, 0.5) is 0 Å². The van der Waals surface area contributed by atoms with E-state index in [9.17, 15) is 29.4 Å². The first kappa shape index (κ1) is 33.6. The Kier molecular flexibility index (Phi) is 15.0. The smallest absolute Gasteiger partial charge is 0.244 e. The third-order valence-corrected chi connectivity index (χ3v) is 6.45. The normalized spacial score (nSPS) is 11.0. The minimum absolute atomic E-state index is 0.0350. The lowest BCUT2D eigenvalue weighted by molar-refractivity contribution is -0.130. The van der Waals surface area contributed by atoms with Crippen molar-refractivity contribution in [1.29, 1.82) is 0 Å². The molecule has 0 heterocycles. The molecule has 4 N–H and O–H groups in total. The van der Waals surface area contributed by atoms with E-state index in [1.165, 1.54) is 26.0 Å². The minimum Gasteiger partial charge on any atom is -0.508 e. The number of hydrogen-bond acceptors (Lipinski definition) is 6. The van der Waals surface area contributed by atoms with Crippen LogP contribution in [0.25, 0.3) is 12.2 Å². The molecular formula is C32H42N4O6. The topological polar surface area (TPSA) is 139 Å². The highest BCUT2D eigenvalue weighted by Crippen LogP contribution is 2.11. The zero-order valence-electron chi connectivity index (χ0n) is 24.4. The Labute approximate surface area is 247 Å². The number of aromatic hydroxyl groups is 2. The van der Waals surface area contributed by atoms with Crippen molar-refractivity contribution in [3.63, 3.8) is 0 Å². The van der Waals surface area contributed by atoms with Gasteiger partial charge in [-0.1, -0.05) is 24.3 Å². The number of phenolic OH excluding ortho intramolecular Hbond substituents is 2. The maximum atomic E-state index is 12.1. The second-order valence-corrected chi connectivity index (χ2v) is 9.86. The maximum absolute atomic E-state index is 12.1. The first-order chi connectivity index (χ1) is 20.1. The summed E-state index contributed by atoms with van der Waals surface area (Å²) in [5.74, 6) is -0.199. The van der Waals surface area contributed by atoms with Crippen LogP contribution in [0, 0.1) is 0 Å². The summed E-state index contributed by atoms with van der Waals surface area (Å²) >= 11 is 0. The molecule has 2 aromatic rings. The minimum atomic E-state index is -0.230. The van der Waals surface area contributed by atoms with Gasteiger partial charge >= 0.3 is 0 Å². The lowest BCUT2D eigenvalue weighted by Gasteiger charge is -2.23. The Hall–Kier alpha value is -4.60. The standard InChI is InChI=1S/C32H42N4O6/c1-25(37)35(23-5-19-33-31(41)17-11-27-7-13-29(39)14-8-27)21-3-4-22-36(26(2)38)24-6-20-34-32(42)18-12-28-9-15-30(40)16-10-28/h7-18,39-40H,3-6,19-24H2,1-2H3,(H,33,41)(H,34,42)/b17-11-,18-12-. The van der Waals surface area contributed by atoms with Crippen molar-refractivity contribution in [2.75, 3.05) is 39.3 Å². The number of benzene rings is 2. The molecule has 0 atom stereocenters. The fourth-order valence-corrected chi connectivity index (χ4v) is 4.05. The molecule has 0 aliphatic rings. The maximum Gasteiger partial charge on any atom is 0.244 e. The zero-order chi connectivity index (χ0) is 30.7. The highest BCUT2D eigenvalue weighted by atomic mass is 16.3. The molecule has 0 saturated carbocycles. The third-order valence-electron chi connectivity index (χ3n) is 6.45. The molecular weight excluding hydrogens is 536 g/mol. The van der Waals surface area contributed by atoms with Gasteiger partial charge in [0.25, 0.3) is 0 Å². The molecule has 0 aromatic heterocycles. The lowest BCUT2D eigenvalue weighted by Crippen LogP contribution is -2.35. The summed E-state index contributed by atoms with van der Waals surface area (Å²) < 4.78 is 0. The van der Waals surface area contributed by atoms with E-state index in [1.807, 2.05) is 0 Å². The molecule has 0 radical (unpaired) electrons. The highest BCUT2D eigenvalue weighted by molar-refractivity contribution is 5.92. The summed E-state index contributed by atoms with van der Waals surface area (Å²) in [6, 6.07) is 13.0. The molecule has 0 aliphatic heterocycles. The number of amides is 4. The third kappa shape index (κ3) is 14.2. The second kappa shape index (κ2) is 18.7. The molecule has 0 bridgehead atoms. The van der Waals surface area contributed by atoms with Crippen molar-refractivity contribution >= 4 is 35.8 Å². The quantitative estimate of drug-likeness (QED) is 0.168. The molecule has 10 heteroatoms. The van der Waals surface area contributed by atoms with Gasteiger partial charge in [-0.2, -0.15) is 0 Å². The predicted molar refractivity (Wildman–Crippen MR) is 163 cm³/mol. The lowest BCUT2D eigenvalue weighted by atomic mass is 10.2. The van der Waals surface area contributed by atoms with Gasteiger partial charge in [-0.25, -0.2) is 0 Å². The number of rotatable bonds is 17. The Morgan fingerprint density at radius 1 is 0.595 bits per heavy atom. The van der Waals surface area contributed by atoms with Crippen molar-refractivity contribution < 1.29 is 29.4 Å². The van der Waals surface area contributed by atoms with Crippen LogP contribution in [0.2, 0.25) is 0 Å². The van der Waals surface area contributed by atoms with Crippen LogP contribution >= 0.6 is 0 Å². The van der Waals surface area contributed by atoms with Gasteiger partial charge in [0, 0.05) is 65.3 Å². The number of unbranched alkanes of at least 4 members (excludes halogenated alkanes) is 1. The van der Waals surface area contributed by atoms with E-state index >= 15 is 0 Å². The van der Waals surface area contributed by atoms with E-state index in [1.54, 1.807) is 70.5 Å². The molecule has 0 fully saturated rings. The molecule has 0 aliphatic carbocycles. The highest BCUT2D eigenvalue weighted by Gasteiger charge is 2.11. The number of nitrogens with zero attached hydrogens (tertiary/aromatic N) is 2. The SMILES string of the molecule is CC(=O)N(CCCCN(CCCNC(=O)/C=C\c1ccc(O)cc1)C(C)=O)CCCNC(=O)/C=C\c1ccc(O)cc1. The summed E-state index contributed by atoms with van der Waals surface area (Å²) in [7, 11) is 0. The fraction of sp³-hybridized carbons (Fsp3) is 0.375. The molecule has 0 saturated heterocycles. The van der Waals surface area contributed by atoms with Gasteiger partial charge in [-0.05, 0) is 73.2 Å². The number of nitrogens with one attached hydrogen (secondary N) is 2. The van der Waals surface area contributed by atoms with Crippen LogP contribution < -0.4 is 10.6 Å². The van der Waals surface area contributed by atoms with E-state index < -0.39 is 0 Å². The molecule has 0 unspecified atom stereocenters. The van der Waals surface area contributed by atoms with E-state index in [2.05, 4.69) is 10.6 Å². The molecule has 4 amide bonds. The van der Waals surface area contributed by atoms with E-state index in [0.717, 1.165) is 24.0 Å². The average Bonchev–Trinajstić information content (AvgIpc) is 2.96. The average molecular weight is 579 g/mol. The Morgan fingerprint density at radius 2 is 0.929 bits per heavy atom. The Balaban J connectivity index is 1.61. The van der Waals surface area contributed by atoms with Crippen LogP contribution in [-0.4, -0.2) is 82.9 Å². The summed E-state index contributed by atoms with van der Waals surface area (Å²) in [6.45, 7) is 6.10. The summed E-state index contributed by atoms with van der Waals surface area (Å²) in [5, 5.41) is 24.2. The van der Waals surface area contributed by atoms with Crippen LogP contribution in [0.1, 0.15) is 50.7 Å². The Bertz CT molecular complexity index is 1110. The van der Waals surface area contributed by atoms with E-state index in [0.29, 0.717) is 52.1 Å². The van der Waals surface area contributed by atoms with Crippen LogP contribution in [0.3, 0.4) is 0 Å². The summed E-state index contributed by atoms with van der Waals surface area (Å²) in [6.07, 6.45) is 8.90. The van der Waals surface area contributed by atoms with Gasteiger partial charge in [0.1, 0.15) is 11.5 Å². The van der Waals surface area contributed by atoms with Gasteiger partial charge < -0.3 is 30.6 Å². The molecule has 0 spiro atoms. The van der Waals surface area contributed by atoms with Crippen LogP contribution in [-0.2, 0) is 19.2 Å². The molecule has 226 valence electrons. The predicted octanol–water partition coefficient (Wildman–Crippen LogP) is 3.31. The van der Waals surface area contributed by atoms with Gasteiger partial charge in [-0.15, -0.1) is 0 Å². The van der Waals surface area contributed by atoms with Gasteiger partial charge in [-0.3, -0.25) is 19.2 Å². The van der Waals surface area contributed by atoms with Crippen molar-refractivity contribution in [1.82, 2.24) is 20.4 Å². The van der Waals surface area contributed by atoms with Crippen LogP contribution in [0.15, 0.2) is 60.7 Å². The number of phenols is 2. The molecule has 10 nitrogen and oxygen atoms in total. The second-order valence-electron chi connectivity index (χ2n) is 9.86. The largest absolute Gasteiger partial charge is 0.508 e. The molecule has 2 rings (SSSR count). The molecule has 2 aromatic carbocycles. The van der Waals surface area contributed by atoms with Crippen LogP contribution in [0.5, 0.6) is 11.5 Å². The first-order valence-corrected chi connectivity index (χ1v) is 14.1. The number of carbonyl (C=O) groups is 4. The number of hydrogen-bond donors (Lipinski definition) is 4. The van der Waals surface area contributed by atoms with Gasteiger partial charge in [0.2, 0.25) is 23.6 Å². The first-order valence-electron chi connectivity index (χ1n) is 14.1.